The molecule has 1 unspecified atom stereocenters. The zero-order valence-electron chi connectivity index (χ0n) is 9.82. The molecule has 0 radical (unpaired) electrons. The first-order chi connectivity index (χ1) is 8.97. The zero-order valence-corrected chi connectivity index (χ0v) is 11.4. The third kappa shape index (κ3) is 3.30. The van der Waals surface area contributed by atoms with Crippen LogP contribution in [0.15, 0.2) is 30.3 Å². The number of carbonyl (C=O) groups is 1. The molecule has 1 aromatic carbocycles. The van der Waals surface area contributed by atoms with Crippen LogP contribution in [0.5, 0.6) is 5.75 Å². The van der Waals surface area contributed by atoms with E-state index in [9.17, 15) is 13.6 Å². The van der Waals surface area contributed by atoms with Crippen LogP contribution in [-0.4, -0.2) is 11.9 Å². The molecule has 0 fully saturated rings. The van der Waals surface area contributed by atoms with E-state index in [1.807, 2.05) is 0 Å². The van der Waals surface area contributed by atoms with Gasteiger partial charge in [0.15, 0.2) is 17.7 Å². The molecule has 1 atom stereocenters. The number of thiophene rings is 1. The number of Topliss-reactive ketones (excluding diaryl/α,β-unsaturated/α-hetero) is 1. The van der Waals surface area contributed by atoms with E-state index in [4.69, 9.17) is 16.3 Å². The highest BCUT2D eigenvalue weighted by Crippen LogP contribution is 2.25. The predicted molar refractivity (Wildman–Crippen MR) is 70.1 cm³/mol. The van der Waals surface area contributed by atoms with Crippen molar-refractivity contribution in [3.63, 3.8) is 0 Å². The van der Waals surface area contributed by atoms with Crippen LogP contribution in [0, 0.1) is 11.6 Å². The highest BCUT2D eigenvalue weighted by Gasteiger charge is 2.20. The topological polar surface area (TPSA) is 26.3 Å². The fraction of sp³-hybridized carbons (Fsp3) is 0.154. The second kappa shape index (κ2) is 5.67. The Kier molecular flexibility index (Phi) is 4.17. The van der Waals surface area contributed by atoms with Crippen LogP contribution in [0.2, 0.25) is 4.34 Å². The van der Waals surface area contributed by atoms with Gasteiger partial charge in [0.1, 0.15) is 5.82 Å². The molecule has 100 valence electrons. The first-order valence-electron chi connectivity index (χ1n) is 5.38. The maximum Gasteiger partial charge on any atom is 0.212 e. The molecule has 0 aliphatic rings. The number of hydrogen-bond donors (Lipinski definition) is 0. The van der Waals surface area contributed by atoms with Gasteiger partial charge in [0.2, 0.25) is 5.78 Å². The molecule has 6 heteroatoms. The van der Waals surface area contributed by atoms with Crippen molar-refractivity contribution in [2.75, 3.05) is 0 Å². The van der Waals surface area contributed by atoms with Crippen molar-refractivity contribution < 1.29 is 18.3 Å². The summed E-state index contributed by atoms with van der Waals surface area (Å²) < 4.78 is 32.0. The lowest BCUT2D eigenvalue weighted by Crippen LogP contribution is -2.23. The van der Waals surface area contributed by atoms with Crippen molar-refractivity contribution in [2.24, 2.45) is 0 Å². The molecule has 2 nitrogen and oxygen atoms in total. The molecule has 2 rings (SSSR count). The average molecular weight is 303 g/mol. The summed E-state index contributed by atoms with van der Waals surface area (Å²) in [6.45, 7) is 1.47. The molecular weight excluding hydrogens is 294 g/mol. The lowest BCUT2D eigenvalue weighted by atomic mass is 10.2. The number of ether oxygens (including phenoxy) is 1. The van der Waals surface area contributed by atoms with E-state index in [0.29, 0.717) is 9.21 Å². The van der Waals surface area contributed by atoms with Crippen molar-refractivity contribution in [2.45, 2.75) is 13.0 Å². The largest absolute Gasteiger partial charge is 0.479 e. The Balaban J connectivity index is 2.14. The maximum absolute atomic E-state index is 13.4. The van der Waals surface area contributed by atoms with E-state index >= 15 is 0 Å². The second-order valence-electron chi connectivity index (χ2n) is 3.80. The minimum atomic E-state index is -0.925. The van der Waals surface area contributed by atoms with Gasteiger partial charge in [0.25, 0.3) is 0 Å². The van der Waals surface area contributed by atoms with Crippen LogP contribution in [0.4, 0.5) is 8.78 Å². The van der Waals surface area contributed by atoms with Gasteiger partial charge in [-0.15, -0.1) is 11.3 Å². The lowest BCUT2D eigenvalue weighted by Gasteiger charge is -2.13. The summed E-state index contributed by atoms with van der Waals surface area (Å²) in [6, 6.07) is 5.99. The standard InChI is InChI=1S/C13H9ClF2O2S/c1-7(13(17)11-4-5-12(14)19-11)18-10-6-8(15)2-3-9(10)16/h2-7H,1H3. The Morgan fingerprint density at radius 3 is 2.68 bits per heavy atom. The van der Waals surface area contributed by atoms with E-state index < -0.39 is 17.7 Å². The van der Waals surface area contributed by atoms with Crippen molar-refractivity contribution in [1.29, 1.82) is 0 Å². The van der Waals surface area contributed by atoms with E-state index in [1.54, 1.807) is 12.1 Å². The Labute approximate surface area is 117 Å². The lowest BCUT2D eigenvalue weighted by molar-refractivity contribution is 0.0816. The molecule has 19 heavy (non-hydrogen) atoms. The number of ketones is 1. The number of carbonyl (C=O) groups excluding carboxylic acids is 1. The highest BCUT2D eigenvalue weighted by atomic mass is 35.5. The third-order valence-corrected chi connectivity index (χ3v) is 3.63. The predicted octanol–water partition coefficient (Wildman–Crippen LogP) is 4.33. The fourth-order valence-corrected chi connectivity index (χ4v) is 2.52. The number of halogens is 3. The van der Waals surface area contributed by atoms with Crippen LogP contribution in [-0.2, 0) is 0 Å². The van der Waals surface area contributed by atoms with Gasteiger partial charge in [-0.1, -0.05) is 11.6 Å². The average Bonchev–Trinajstić information content (AvgIpc) is 2.79. The SMILES string of the molecule is CC(Oc1cc(F)ccc1F)C(=O)c1ccc(Cl)s1. The molecule has 1 aromatic heterocycles. The number of rotatable bonds is 4. The Morgan fingerprint density at radius 2 is 2.05 bits per heavy atom. The first kappa shape index (κ1) is 14.0. The molecule has 0 N–H and O–H groups in total. The molecule has 2 aromatic rings. The van der Waals surface area contributed by atoms with Gasteiger partial charge in [0.05, 0.1) is 9.21 Å². The molecule has 0 amide bonds. The van der Waals surface area contributed by atoms with Gasteiger partial charge in [0, 0.05) is 6.07 Å². The smallest absolute Gasteiger partial charge is 0.212 e. The molecule has 1 heterocycles. The Morgan fingerprint density at radius 1 is 1.32 bits per heavy atom. The first-order valence-corrected chi connectivity index (χ1v) is 6.58. The Bertz CT molecular complexity index is 612. The fourth-order valence-electron chi connectivity index (χ4n) is 1.46. The van der Waals surface area contributed by atoms with Crippen molar-refractivity contribution >= 4 is 28.7 Å². The number of hydrogen-bond acceptors (Lipinski definition) is 3. The van der Waals surface area contributed by atoms with Gasteiger partial charge >= 0.3 is 0 Å². The minimum Gasteiger partial charge on any atom is -0.479 e. The minimum absolute atomic E-state index is 0.288. The summed E-state index contributed by atoms with van der Waals surface area (Å²) in [5.74, 6) is -1.97. The van der Waals surface area contributed by atoms with Crippen molar-refractivity contribution in [1.82, 2.24) is 0 Å². The molecule has 0 aliphatic heterocycles. The molecule has 0 spiro atoms. The molecule has 0 saturated heterocycles. The van der Waals surface area contributed by atoms with Crippen LogP contribution in [0.1, 0.15) is 16.6 Å². The van der Waals surface area contributed by atoms with Gasteiger partial charge in [-0.2, -0.15) is 0 Å². The van der Waals surface area contributed by atoms with Crippen molar-refractivity contribution in [3.05, 3.63) is 51.2 Å². The summed E-state index contributed by atoms with van der Waals surface area (Å²) in [5.41, 5.74) is 0. The van der Waals surface area contributed by atoms with Crippen LogP contribution in [0.25, 0.3) is 0 Å². The zero-order chi connectivity index (χ0) is 14.0. The maximum atomic E-state index is 13.4. The quantitative estimate of drug-likeness (QED) is 0.786. The summed E-state index contributed by atoms with van der Waals surface area (Å²) in [4.78, 5) is 12.4. The number of benzene rings is 1. The van der Waals surface area contributed by atoms with Gasteiger partial charge in [-0.05, 0) is 31.2 Å². The third-order valence-electron chi connectivity index (χ3n) is 2.38. The van der Waals surface area contributed by atoms with Crippen LogP contribution < -0.4 is 4.74 Å². The van der Waals surface area contributed by atoms with Gasteiger partial charge in [-0.3, -0.25) is 4.79 Å². The highest BCUT2D eigenvalue weighted by molar-refractivity contribution is 7.18. The van der Waals surface area contributed by atoms with Gasteiger partial charge in [-0.25, -0.2) is 8.78 Å². The van der Waals surface area contributed by atoms with E-state index in [2.05, 4.69) is 0 Å². The Hall–Kier alpha value is -1.46. The van der Waals surface area contributed by atoms with Gasteiger partial charge < -0.3 is 4.74 Å². The summed E-state index contributed by atoms with van der Waals surface area (Å²) in [7, 11) is 0. The molecular formula is C13H9ClF2O2S. The second-order valence-corrected chi connectivity index (χ2v) is 5.52. The van der Waals surface area contributed by atoms with Crippen LogP contribution in [0.3, 0.4) is 0 Å². The molecule has 0 bridgehead atoms. The van der Waals surface area contributed by atoms with Crippen molar-refractivity contribution in [3.8, 4) is 5.75 Å². The van der Waals surface area contributed by atoms with E-state index in [0.717, 1.165) is 29.5 Å². The monoisotopic (exact) mass is 302 g/mol. The van der Waals surface area contributed by atoms with Crippen LogP contribution >= 0.6 is 22.9 Å². The summed E-state index contributed by atoms with van der Waals surface area (Å²) >= 11 is 6.84. The molecule has 0 saturated carbocycles. The van der Waals surface area contributed by atoms with E-state index in [-0.39, 0.29) is 11.5 Å². The summed E-state index contributed by atoms with van der Waals surface area (Å²) in [6.07, 6.45) is -0.925. The summed E-state index contributed by atoms with van der Waals surface area (Å²) in [5, 5.41) is 0. The normalized spacial score (nSPS) is 12.2. The molecule has 0 aliphatic carbocycles. The van der Waals surface area contributed by atoms with E-state index in [1.165, 1.54) is 6.92 Å².